The number of esters is 1. The smallest absolute Gasteiger partial charge is 0.308 e. The van der Waals surface area contributed by atoms with E-state index in [-0.39, 0.29) is 24.8 Å². The number of fused-ring (bicyclic) bond motifs is 1. The van der Waals surface area contributed by atoms with Gasteiger partial charge in [0.15, 0.2) is 0 Å². The molecule has 0 aliphatic rings. The fourth-order valence-corrected chi connectivity index (χ4v) is 3.02. The lowest BCUT2D eigenvalue weighted by Gasteiger charge is -2.18. The summed E-state index contributed by atoms with van der Waals surface area (Å²) in [5.41, 5.74) is 1.80. The van der Waals surface area contributed by atoms with E-state index in [1.54, 1.807) is 48.7 Å². The van der Waals surface area contributed by atoms with Gasteiger partial charge in [-0.3, -0.25) is 14.6 Å². The molecule has 0 aliphatic heterocycles. The highest BCUT2D eigenvalue weighted by molar-refractivity contribution is 6.30. The van der Waals surface area contributed by atoms with Crippen molar-refractivity contribution >= 4 is 34.4 Å². The molecule has 2 aromatic carbocycles. The molecule has 7 heteroatoms. The van der Waals surface area contributed by atoms with Crippen LogP contribution in [0.1, 0.15) is 30.5 Å². The van der Waals surface area contributed by atoms with Gasteiger partial charge in [0.25, 0.3) is 0 Å². The highest BCUT2D eigenvalue weighted by atomic mass is 35.5. The van der Waals surface area contributed by atoms with Gasteiger partial charge < -0.3 is 10.1 Å². The third kappa shape index (κ3) is 4.84. The molecule has 0 spiro atoms. The molecule has 0 radical (unpaired) electrons. The van der Waals surface area contributed by atoms with Crippen LogP contribution in [0.4, 0.5) is 4.39 Å². The minimum Gasteiger partial charge on any atom is -0.461 e. The number of nitrogens with one attached hydrogen (secondary N) is 1. The minimum absolute atomic E-state index is 0.0416. The van der Waals surface area contributed by atoms with E-state index in [0.717, 1.165) is 5.56 Å². The number of amides is 1. The summed E-state index contributed by atoms with van der Waals surface area (Å²) in [6, 6.07) is 12.5. The first-order valence-corrected chi connectivity index (χ1v) is 9.02. The fraction of sp³-hybridized carbons (Fsp3) is 0.190. The molecular formula is C21H18ClFN2O3. The number of hydrogen-bond donors (Lipinski definition) is 1. The standard InChI is InChI=1S/C21H18ClFN2O3/c1-13(26)25-19(14-4-7-16(22)8-5-14)11-20(27)28-12-15-6-9-18(23)17-3-2-10-24-21(15)17/h2-10,19H,11-12H2,1H3,(H,25,26). The van der Waals surface area contributed by atoms with Crippen molar-refractivity contribution in [2.24, 2.45) is 0 Å². The number of halogens is 2. The quantitative estimate of drug-likeness (QED) is 0.625. The van der Waals surface area contributed by atoms with Crippen LogP contribution < -0.4 is 5.32 Å². The van der Waals surface area contributed by atoms with E-state index in [9.17, 15) is 14.0 Å². The van der Waals surface area contributed by atoms with Gasteiger partial charge in [0.05, 0.1) is 18.0 Å². The van der Waals surface area contributed by atoms with Gasteiger partial charge in [0.2, 0.25) is 5.91 Å². The minimum atomic E-state index is -0.537. The van der Waals surface area contributed by atoms with E-state index in [1.807, 2.05) is 0 Å². The monoisotopic (exact) mass is 400 g/mol. The van der Waals surface area contributed by atoms with E-state index >= 15 is 0 Å². The Hall–Kier alpha value is -2.99. The molecule has 0 bridgehead atoms. The third-order valence-corrected chi connectivity index (χ3v) is 4.46. The van der Waals surface area contributed by atoms with Crippen LogP contribution in [0.15, 0.2) is 54.7 Å². The second-order valence-electron chi connectivity index (χ2n) is 6.28. The molecule has 144 valence electrons. The van der Waals surface area contributed by atoms with Crippen LogP contribution in [0.5, 0.6) is 0 Å². The number of carbonyl (C=O) groups excluding carboxylic acids is 2. The number of pyridine rings is 1. The first-order chi connectivity index (χ1) is 13.4. The summed E-state index contributed by atoms with van der Waals surface area (Å²) in [6.07, 6.45) is 1.51. The normalized spacial score (nSPS) is 11.8. The van der Waals surface area contributed by atoms with Crippen molar-refractivity contribution in [2.45, 2.75) is 26.0 Å². The second-order valence-corrected chi connectivity index (χ2v) is 6.71. The Morgan fingerprint density at radius 2 is 1.93 bits per heavy atom. The molecule has 3 rings (SSSR count). The first-order valence-electron chi connectivity index (χ1n) is 8.64. The maximum Gasteiger partial charge on any atom is 0.308 e. The molecule has 1 amide bonds. The molecule has 3 aromatic rings. The summed E-state index contributed by atoms with van der Waals surface area (Å²) >= 11 is 5.89. The van der Waals surface area contributed by atoms with Crippen LogP contribution in [0.25, 0.3) is 10.9 Å². The summed E-state index contributed by atoms with van der Waals surface area (Å²) < 4.78 is 19.2. The molecule has 28 heavy (non-hydrogen) atoms. The molecule has 1 atom stereocenters. The number of nitrogens with zero attached hydrogens (tertiary/aromatic N) is 1. The maximum absolute atomic E-state index is 13.9. The van der Waals surface area contributed by atoms with Crippen molar-refractivity contribution in [2.75, 3.05) is 0 Å². The molecule has 1 heterocycles. The average Bonchev–Trinajstić information content (AvgIpc) is 2.67. The fourth-order valence-electron chi connectivity index (χ4n) is 2.89. The number of ether oxygens (including phenoxy) is 1. The van der Waals surface area contributed by atoms with Gasteiger partial charge in [0, 0.05) is 29.1 Å². The Morgan fingerprint density at radius 1 is 1.18 bits per heavy atom. The zero-order chi connectivity index (χ0) is 20.1. The van der Waals surface area contributed by atoms with Crippen molar-refractivity contribution in [3.63, 3.8) is 0 Å². The van der Waals surface area contributed by atoms with Crippen LogP contribution in [-0.4, -0.2) is 16.9 Å². The summed E-state index contributed by atoms with van der Waals surface area (Å²) in [4.78, 5) is 28.0. The van der Waals surface area contributed by atoms with Crippen LogP contribution in [-0.2, 0) is 20.9 Å². The predicted octanol–water partition coefficient (Wildman–Crippen LogP) is 4.34. The second kappa shape index (κ2) is 8.80. The molecule has 0 saturated carbocycles. The molecule has 0 saturated heterocycles. The third-order valence-electron chi connectivity index (χ3n) is 4.21. The van der Waals surface area contributed by atoms with Crippen molar-refractivity contribution in [3.05, 3.63) is 76.7 Å². The van der Waals surface area contributed by atoms with Crippen molar-refractivity contribution in [1.82, 2.24) is 10.3 Å². The molecule has 1 N–H and O–H groups in total. The number of hydrogen-bond acceptors (Lipinski definition) is 4. The Bertz CT molecular complexity index is 1010. The number of carbonyl (C=O) groups is 2. The van der Waals surface area contributed by atoms with Gasteiger partial charge >= 0.3 is 5.97 Å². The lowest BCUT2D eigenvalue weighted by Crippen LogP contribution is -2.28. The van der Waals surface area contributed by atoms with Gasteiger partial charge in [-0.15, -0.1) is 0 Å². The van der Waals surface area contributed by atoms with Crippen molar-refractivity contribution in [3.8, 4) is 0 Å². The summed E-state index contributed by atoms with van der Waals surface area (Å²) in [7, 11) is 0. The summed E-state index contributed by atoms with van der Waals surface area (Å²) in [6.45, 7) is 1.34. The first kappa shape index (κ1) is 19.8. The molecular weight excluding hydrogens is 383 g/mol. The van der Waals surface area contributed by atoms with E-state index in [1.165, 1.54) is 13.0 Å². The number of aromatic nitrogens is 1. The molecule has 1 unspecified atom stereocenters. The van der Waals surface area contributed by atoms with E-state index < -0.39 is 12.0 Å². The molecule has 1 aromatic heterocycles. The van der Waals surface area contributed by atoms with Crippen LogP contribution in [0.2, 0.25) is 5.02 Å². The number of rotatable bonds is 6. The number of benzene rings is 2. The van der Waals surface area contributed by atoms with Gasteiger partial charge in [-0.05, 0) is 35.9 Å². The molecule has 5 nitrogen and oxygen atoms in total. The average molecular weight is 401 g/mol. The highest BCUT2D eigenvalue weighted by Gasteiger charge is 2.19. The van der Waals surface area contributed by atoms with E-state index in [0.29, 0.717) is 21.5 Å². The van der Waals surface area contributed by atoms with Gasteiger partial charge in [-0.2, -0.15) is 0 Å². The topological polar surface area (TPSA) is 68.3 Å². The lowest BCUT2D eigenvalue weighted by molar-refractivity contribution is -0.145. The Labute approximate surface area is 166 Å². The van der Waals surface area contributed by atoms with E-state index in [4.69, 9.17) is 16.3 Å². The van der Waals surface area contributed by atoms with Gasteiger partial charge in [0.1, 0.15) is 12.4 Å². The zero-order valence-corrected chi connectivity index (χ0v) is 15.9. The molecule has 0 aliphatic carbocycles. The van der Waals surface area contributed by atoms with Gasteiger partial charge in [-0.1, -0.05) is 29.8 Å². The largest absolute Gasteiger partial charge is 0.461 e. The Kier molecular flexibility index (Phi) is 6.21. The van der Waals surface area contributed by atoms with Crippen molar-refractivity contribution < 1.29 is 18.7 Å². The summed E-state index contributed by atoms with van der Waals surface area (Å²) in [5, 5.41) is 3.66. The summed E-state index contributed by atoms with van der Waals surface area (Å²) in [5.74, 6) is -1.14. The highest BCUT2D eigenvalue weighted by Crippen LogP contribution is 2.22. The van der Waals surface area contributed by atoms with Crippen LogP contribution >= 0.6 is 11.6 Å². The zero-order valence-electron chi connectivity index (χ0n) is 15.1. The van der Waals surface area contributed by atoms with Crippen molar-refractivity contribution in [1.29, 1.82) is 0 Å². The van der Waals surface area contributed by atoms with Gasteiger partial charge in [-0.25, -0.2) is 4.39 Å². The SMILES string of the molecule is CC(=O)NC(CC(=O)OCc1ccc(F)c2cccnc12)c1ccc(Cl)cc1. The lowest BCUT2D eigenvalue weighted by atomic mass is 10.0. The van der Waals surface area contributed by atoms with Crippen LogP contribution in [0, 0.1) is 5.82 Å². The molecule has 0 fully saturated rings. The van der Waals surface area contributed by atoms with E-state index in [2.05, 4.69) is 10.3 Å². The Balaban J connectivity index is 1.71. The Morgan fingerprint density at radius 3 is 2.64 bits per heavy atom. The van der Waals surface area contributed by atoms with Crippen LogP contribution in [0.3, 0.4) is 0 Å². The predicted molar refractivity (Wildman–Crippen MR) is 104 cm³/mol. The maximum atomic E-state index is 13.9.